The molecule has 1 aliphatic rings. The highest BCUT2D eigenvalue weighted by atomic mass is 32.1. The Kier molecular flexibility index (Phi) is 1.59. The SMILES string of the molecule is S=C1C=CCc2ccccc21. The number of hydrogen-bond acceptors (Lipinski definition) is 1. The third kappa shape index (κ3) is 1.12. The van der Waals surface area contributed by atoms with E-state index >= 15 is 0 Å². The third-order valence-corrected chi connectivity index (χ3v) is 2.25. The Hall–Kier alpha value is -0.950. The standard InChI is InChI=1S/C10H8S/c11-10-7-3-5-8-4-1-2-6-9(8)10/h1-4,6-7H,5H2. The first-order valence-corrected chi connectivity index (χ1v) is 4.07. The molecule has 0 unspecified atom stereocenters. The quantitative estimate of drug-likeness (QED) is 0.525. The van der Waals surface area contributed by atoms with Crippen LogP contribution in [0, 0.1) is 0 Å². The first-order chi connectivity index (χ1) is 5.38. The Morgan fingerprint density at radius 3 is 2.82 bits per heavy atom. The fourth-order valence-electron chi connectivity index (χ4n) is 1.32. The van der Waals surface area contributed by atoms with Gasteiger partial charge in [0.2, 0.25) is 0 Å². The second-order valence-corrected chi connectivity index (χ2v) is 3.07. The summed E-state index contributed by atoms with van der Waals surface area (Å²) in [4.78, 5) is 0.965. The molecule has 1 aromatic carbocycles. The molecule has 0 aliphatic heterocycles. The zero-order valence-electron chi connectivity index (χ0n) is 6.08. The van der Waals surface area contributed by atoms with Crippen LogP contribution in [0.15, 0.2) is 36.4 Å². The summed E-state index contributed by atoms with van der Waals surface area (Å²) in [5.41, 5.74) is 2.57. The normalized spacial score (nSPS) is 14.7. The van der Waals surface area contributed by atoms with Crippen LogP contribution in [0.1, 0.15) is 11.1 Å². The van der Waals surface area contributed by atoms with E-state index in [1.54, 1.807) is 0 Å². The molecule has 0 saturated carbocycles. The van der Waals surface area contributed by atoms with E-state index in [1.807, 2.05) is 12.1 Å². The maximum absolute atomic E-state index is 5.17. The van der Waals surface area contributed by atoms with E-state index < -0.39 is 0 Å². The molecule has 0 radical (unpaired) electrons. The molecule has 0 atom stereocenters. The van der Waals surface area contributed by atoms with Crippen molar-refractivity contribution in [3.63, 3.8) is 0 Å². The molecule has 0 heterocycles. The molecule has 0 spiro atoms. The molecule has 1 heteroatoms. The number of fused-ring (bicyclic) bond motifs is 1. The molecule has 0 fully saturated rings. The van der Waals surface area contributed by atoms with Crippen LogP contribution in [0.4, 0.5) is 0 Å². The number of allylic oxidation sites excluding steroid dienone is 2. The van der Waals surface area contributed by atoms with Crippen molar-refractivity contribution in [1.29, 1.82) is 0 Å². The zero-order chi connectivity index (χ0) is 7.68. The Balaban J connectivity index is 2.59. The van der Waals surface area contributed by atoms with Crippen molar-refractivity contribution in [3.05, 3.63) is 47.5 Å². The largest absolute Gasteiger partial charge is 0.0795 e. The minimum Gasteiger partial charge on any atom is -0.0795 e. The van der Waals surface area contributed by atoms with Crippen LogP contribution in [-0.4, -0.2) is 4.86 Å². The fraction of sp³-hybridized carbons (Fsp3) is 0.100. The van der Waals surface area contributed by atoms with E-state index in [1.165, 1.54) is 11.1 Å². The van der Waals surface area contributed by atoms with Crippen LogP contribution >= 0.6 is 12.2 Å². The predicted octanol–water partition coefficient (Wildman–Crippen LogP) is 2.52. The fourth-order valence-corrected chi connectivity index (χ4v) is 1.62. The number of benzene rings is 1. The first-order valence-electron chi connectivity index (χ1n) is 3.67. The number of hydrogen-bond donors (Lipinski definition) is 0. The van der Waals surface area contributed by atoms with Crippen molar-refractivity contribution < 1.29 is 0 Å². The van der Waals surface area contributed by atoms with E-state index in [-0.39, 0.29) is 0 Å². The minimum atomic E-state index is 0.965. The lowest BCUT2D eigenvalue weighted by molar-refractivity contribution is 1.25. The molecule has 2 rings (SSSR count). The van der Waals surface area contributed by atoms with Gasteiger partial charge in [-0.1, -0.05) is 42.6 Å². The summed E-state index contributed by atoms with van der Waals surface area (Å²) in [6.07, 6.45) is 5.15. The summed E-state index contributed by atoms with van der Waals surface area (Å²) in [6.45, 7) is 0. The average Bonchev–Trinajstić information content (AvgIpc) is 2.06. The predicted molar refractivity (Wildman–Crippen MR) is 51.0 cm³/mol. The van der Waals surface area contributed by atoms with Gasteiger partial charge in [0.1, 0.15) is 0 Å². The van der Waals surface area contributed by atoms with Crippen molar-refractivity contribution in [2.24, 2.45) is 0 Å². The van der Waals surface area contributed by atoms with E-state index in [2.05, 4.69) is 24.3 Å². The van der Waals surface area contributed by atoms with E-state index in [9.17, 15) is 0 Å². The van der Waals surface area contributed by atoms with Crippen molar-refractivity contribution in [3.8, 4) is 0 Å². The van der Waals surface area contributed by atoms with Gasteiger partial charge in [-0.25, -0.2) is 0 Å². The van der Waals surface area contributed by atoms with Crippen LogP contribution < -0.4 is 0 Å². The molecule has 1 aromatic rings. The van der Waals surface area contributed by atoms with Gasteiger partial charge >= 0.3 is 0 Å². The molecule has 0 amide bonds. The Bertz CT molecular complexity index is 323. The van der Waals surface area contributed by atoms with Gasteiger partial charge in [0.15, 0.2) is 0 Å². The summed E-state index contributed by atoms with van der Waals surface area (Å²) in [5.74, 6) is 0. The molecular weight excluding hydrogens is 152 g/mol. The monoisotopic (exact) mass is 160 g/mol. The molecule has 0 N–H and O–H groups in total. The van der Waals surface area contributed by atoms with Gasteiger partial charge in [-0.2, -0.15) is 0 Å². The zero-order valence-corrected chi connectivity index (χ0v) is 6.90. The number of thiocarbonyl (C=S) groups is 1. The van der Waals surface area contributed by atoms with Crippen LogP contribution in [-0.2, 0) is 6.42 Å². The second-order valence-electron chi connectivity index (χ2n) is 2.63. The van der Waals surface area contributed by atoms with Crippen molar-refractivity contribution in [2.75, 3.05) is 0 Å². The van der Waals surface area contributed by atoms with Gasteiger partial charge in [-0.3, -0.25) is 0 Å². The third-order valence-electron chi connectivity index (χ3n) is 1.89. The van der Waals surface area contributed by atoms with E-state index in [0.717, 1.165) is 11.3 Å². The lowest BCUT2D eigenvalue weighted by Gasteiger charge is -2.09. The van der Waals surface area contributed by atoms with Crippen LogP contribution in [0.5, 0.6) is 0 Å². The van der Waals surface area contributed by atoms with E-state index in [0.29, 0.717) is 0 Å². The Morgan fingerprint density at radius 1 is 1.18 bits per heavy atom. The van der Waals surface area contributed by atoms with Gasteiger partial charge in [0, 0.05) is 4.86 Å². The Labute approximate surface area is 71.6 Å². The molecule has 54 valence electrons. The lowest BCUT2D eigenvalue weighted by Crippen LogP contribution is -2.03. The summed E-state index contributed by atoms with van der Waals surface area (Å²) in [7, 11) is 0. The minimum absolute atomic E-state index is 0.965. The highest BCUT2D eigenvalue weighted by Crippen LogP contribution is 2.16. The topological polar surface area (TPSA) is 0 Å². The van der Waals surface area contributed by atoms with Crippen molar-refractivity contribution >= 4 is 17.1 Å². The van der Waals surface area contributed by atoms with Gasteiger partial charge in [0.25, 0.3) is 0 Å². The summed E-state index contributed by atoms with van der Waals surface area (Å²) < 4.78 is 0. The molecule has 0 saturated heterocycles. The molecule has 0 bridgehead atoms. The number of rotatable bonds is 0. The smallest absolute Gasteiger partial charge is 0.0449 e. The Morgan fingerprint density at radius 2 is 2.00 bits per heavy atom. The molecular formula is C10H8S. The van der Waals surface area contributed by atoms with Crippen LogP contribution in [0.3, 0.4) is 0 Å². The second kappa shape index (κ2) is 2.59. The molecule has 0 nitrogen and oxygen atoms in total. The van der Waals surface area contributed by atoms with Crippen LogP contribution in [0.25, 0.3) is 0 Å². The molecule has 1 aliphatic carbocycles. The maximum atomic E-state index is 5.17. The van der Waals surface area contributed by atoms with Crippen LogP contribution in [0.2, 0.25) is 0 Å². The summed E-state index contributed by atoms with van der Waals surface area (Å²) in [6, 6.07) is 8.30. The van der Waals surface area contributed by atoms with Gasteiger partial charge in [-0.05, 0) is 23.6 Å². The highest BCUT2D eigenvalue weighted by molar-refractivity contribution is 7.81. The van der Waals surface area contributed by atoms with Crippen molar-refractivity contribution in [2.45, 2.75) is 6.42 Å². The summed E-state index contributed by atoms with van der Waals surface area (Å²) >= 11 is 5.17. The average molecular weight is 160 g/mol. The highest BCUT2D eigenvalue weighted by Gasteiger charge is 2.06. The van der Waals surface area contributed by atoms with Crippen molar-refractivity contribution in [1.82, 2.24) is 0 Å². The van der Waals surface area contributed by atoms with Gasteiger partial charge in [0.05, 0.1) is 0 Å². The summed E-state index contributed by atoms with van der Waals surface area (Å²) in [5, 5.41) is 0. The molecule has 11 heavy (non-hydrogen) atoms. The first kappa shape index (κ1) is 6.74. The van der Waals surface area contributed by atoms with E-state index in [4.69, 9.17) is 12.2 Å². The lowest BCUT2D eigenvalue weighted by atomic mass is 9.97. The maximum Gasteiger partial charge on any atom is 0.0449 e. The van der Waals surface area contributed by atoms with Gasteiger partial charge < -0.3 is 0 Å². The van der Waals surface area contributed by atoms with Gasteiger partial charge in [-0.15, -0.1) is 0 Å². The molecule has 0 aromatic heterocycles.